The van der Waals surface area contributed by atoms with Crippen LogP contribution in [0.15, 0.2) is 36.7 Å². The van der Waals surface area contributed by atoms with Crippen molar-refractivity contribution in [2.45, 2.75) is 12.6 Å². The minimum Gasteiger partial charge on any atom is -0.493 e. The molecule has 0 spiro atoms. The fraction of sp³-hybridized carbons (Fsp3) is 0.348. The Labute approximate surface area is 197 Å². The van der Waals surface area contributed by atoms with Crippen molar-refractivity contribution in [1.29, 1.82) is 0 Å². The molecule has 10 heteroatoms. The number of nitrogens with one attached hydrogen (secondary N) is 2. The second kappa shape index (κ2) is 9.24. The van der Waals surface area contributed by atoms with Crippen LogP contribution < -0.4 is 29.6 Å². The van der Waals surface area contributed by atoms with Crippen molar-refractivity contribution in [2.24, 2.45) is 0 Å². The van der Waals surface area contributed by atoms with Crippen molar-refractivity contribution in [3.05, 3.63) is 47.9 Å². The van der Waals surface area contributed by atoms with Crippen molar-refractivity contribution in [3.8, 4) is 23.0 Å². The quantitative estimate of drug-likeness (QED) is 0.545. The van der Waals surface area contributed by atoms with Gasteiger partial charge in [-0.2, -0.15) is 0 Å². The Bertz CT molecular complexity index is 1190. The van der Waals surface area contributed by atoms with E-state index in [-0.39, 0.29) is 12.8 Å². The molecule has 0 amide bonds. The third kappa shape index (κ3) is 4.19. The number of thiocarbonyl (C=S) groups is 1. The molecule has 2 N–H and O–H groups in total. The van der Waals surface area contributed by atoms with Crippen LogP contribution in [-0.4, -0.2) is 60.6 Å². The maximum atomic E-state index is 5.80. The first-order valence-electron chi connectivity index (χ1n) is 10.7. The van der Waals surface area contributed by atoms with E-state index >= 15 is 0 Å². The zero-order valence-electron chi connectivity index (χ0n) is 18.5. The van der Waals surface area contributed by atoms with Gasteiger partial charge in [-0.05, 0) is 36.0 Å². The van der Waals surface area contributed by atoms with E-state index in [9.17, 15) is 0 Å². The van der Waals surface area contributed by atoms with Crippen LogP contribution in [0.25, 0.3) is 10.9 Å². The highest BCUT2D eigenvalue weighted by Crippen LogP contribution is 2.35. The summed E-state index contributed by atoms with van der Waals surface area (Å²) in [6.45, 7) is 3.16. The minimum atomic E-state index is -0.0564. The summed E-state index contributed by atoms with van der Waals surface area (Å²) in [5, 5.41) is 8.44. The Morgan fingerprint density at radius 2 is 1.97 bits per heavy atom. The van der Waals surface area contributed by atoms with E-state index in [1.165, 1.54) is 0 Å². The Kier molecular flexibility index (Phi) is 6.01. The Hall–Kier alpha value is -3.37. The van der Waals surface area contributed by atoms with Gasteiger partial charge < -0.3 is 34.5 Å². The fourth-order valence-corrected chi connectivity index (χ4v) is 4.48. The van der Waals surface area contributed by atoms with E-state index in [0.29, 0.717) is 29.7 Å². The summed E-state index contributed by atoms with van der Waals surface area (Å²) in [7, 11) is 3.24. The van der Waals surface area contributed by atoms with Crippen molar-refractivity contribution in [1.82, 2.24) is 25.5 Å². The molecule has 5 rings (SSSR count). The molecule has 3 heterocycles. The molecule has 1 fully saturated rings. The Balaban J connectivity index is 1.39. The molecule has 0 aliphatic carbocycles. The van der Waals surface area contributed by atoms with Gasteiger partial charge in [-0.3, -0.25) is 0 Å². The number of methoxy groups -OCH3 is 2. The minimum absolute atomic E-state index is 0.0564. The number of nitrogens with zero attached hydrogens (tertiary/aromatic N) is 3. The van der Waals surface area contributed by atoms with E-state index in [2.05, 4.69) is 25.5 Å². The van der Waals surface area contributed by atoms with Gasteiger partial charge >= 0.3 is 0 Å². The molecule has 2 aliphatic rings. The van der Waals surface area contributed by atoms with E-state index < -0.39 is 0 Å². The highest BCUT2D eigenvalue weighted by Gasteiger charge is 2.29. The smallest absolute Gasteiger partial charge is 0.231 e. The highest BCUT2D eigenvalue weighted by atomic mass is 32.1. The van der Waals surface area contributed by atoms with Crippen molar-refractivity contribution >= 4 is 28.2 Å². The lowest BCUT2D eigenvalue weighted by atomic mass is 10.0. The van der Waals surface area contributed by atoms with Crippen molar-refractivity contribution in [3.63, 3.8) is 0 Å². The number of aromatic nitrogens is 2. The van der Waals surface area contributed by atoms with Crippen LogP contribution >= 0.6 is 12.2 Å². The predicted molar refractivity (Wildman–Crippen MR) is 127 cm³/mol. The van der Waals surface area contributed by atoms with Crippen LogP contribution in [-0.2, 0) is 6.54 Å². The van der Waals surface area contributed by atoms with E-state index in [1.807, 2.05) is 30.3 Å². The number of hydrogen-bond donors (Lipinski definition) is 2. The molecule has 2 aliphatic heterocycles. The Morgan fingerprint density at radius 1 is 1.15 bits per heavy atom. The summed E-state index contributed by atoms with van der Waals surface area (Å²) in [6.07, 6.45) is 1.58. The first-order valence-corrected chi connectivity index (χ1v) is 11.1. The number of fused-ring (bicyclic) bond motifs is 2. The molecular formula is C23H25N5O4S. The molecule has 2 aromatic carbocycles. The molecule has 1 atom stereocenters. The van der Waals surface area contributed by atoms with Gasteiger partial charge in [-0.25, -0.2) is 9.97 Å². The van der Waals surface area contributed by atoms with Gasteiger partial charge in [-0.15, -0.1) is 0 Å². The number of rotatable bonds is 5. The van der Waals surface area contributed by atoms with Crippen LogP contribution in [0, 0.1) is 0 Å². The standard InChI is InChI=1S/C23H25N5O4S/c1-29-19-8-15-16(9-20(19)30-2)26-12-27-22(15)17-11-24-5-6-28(17)23(33)25-10-14-3-4-18-21(7-14)32-13-31-18/h3-4,7-9,12,17,24H,5-6,10-11,13H2,1-2H3,(H,25,33). The molecule has 1 saturated heterocycles. The summed E-state index contributed by atoms with van der Waals surface area (Å²) in [6, 6.07) is 9.65. The van der Waals surface area contributed by atoms with E-state index in [4.69, 9.17) is 31.2 Å². The average Bonchev–Trinajstić information content (AvgIpc) is 3.34. The normalized spacial score (nSPS) is 17.2. The highest BCUT2D eigenvalue weighted by molar-refractivity contribution is 7.80. The van der Waals surface area contributed by atoms with Crippen molar-refractivity contribution in [2.75, 3.05) is 40.6 Å². The molecule has 1 aromatic heterocycles. The van der Waals surface area contributed by atoms with Gasteiger partial charge in [-0.1, -0.05) is 6.07 Å². The van der Waals surface area contributed by atoms with Gasteiger partial charge in [0.2, 0.25) is 6.79 Å². The summed E-state index contributed by atoms with van der Waals surface area (Å²) >= 11 is 5.80. The topological polar surface area (TPSA) is 90.0 Å². The molecule has 0 radical (unpaired) electrons. The average molecular weight is 468 g/mol. The summed E-state index contributed by atoms with van der Waals surface area (Å²) < 4.78 is 21.8. The Morgan fingerprint density at radius 3 is 2.82 bits per heavy atom. The van der Waals surface area contributed by atoms with Crippen LogP contribution in [0.3, 0.4) is 0 Å². The van der Waals surface area contributed by atoms with Gasteiger partial charge in [0, 0.05) is 37.6 Å². The molecule has 172 valence electrons. The van der Waals surface area contributed by atoms with E-state index in [0.717, 1.165) is 46.7 Å². The summed E-state index contributed by atoms with van der Waals surface area (Å²) in [4.78, 5) is 11.3. The van der Waals surface area contributed by atoms with Crippen LogP contribution in [0.5, 0.6) is 23.0 Å². The lowest BCUT2D eigenvalue weighted by Gasteiger charge is -2.38. The van der Waals surface area contributed by atoms with Crippen LogP contribution in [0.2, 0.25) is 0 Å². The molecular weight excluding hydrogens is 442 g/mol. The summed E-state index contributed by atoms with van der Waals surface area (Å²) in [5.41, 5.74) is 2.75. The second-order valence-corrected chi connectivity index (χ2v) is 8.13. The zero-order valence-corrected chi connectivity index (χ0v) is 19.3. The predicted octanol–water partition coefficient (Wildman–Crippen LogP) is 2.40. The summed E-state index contributed by atoms with van der Waals surface area (Å²) in [5.74, 6) is 2.80. The van der Waals surface area contributed by atoms with Crippen LogP contribution in [0.1, 0.15) is 17.3 Å². The lowest BCUT2D eigenvalue weighted by molar-refractivity contribution is 0.174. The van der Waals surface area contributed by atoms with E-state index in [1.54, 1.807) is 20.5 Å². The van der Waals surface area contributed by atoms with Gasteiger partial charge in [0.05, 0.1) is 31.5 Å². The number of ether oxygens (including phenoxy) is 4. The number of piperazine rings is 1. The maximum Gasteiger partial charge on any atom is 0.231 e. The molecule has 3 aromatic rings. The van der Waals surface area contributed by atoms with Crippen molar-refractivity contribution < 1.29 is 18.9 Å². The lowest BCUT2D eigenvalue weighted by Crippen LogP contribution is -2.52. The molecule has 1 unspecified atom stereocenters. The molecule has 0 bridgehead atoms. The number of hydrogen-bond acceptors (Lipinski definition) is 8. The van der Waals surface area contributed by atoms with Gasteiger partial charge in [0.15, 0.2) is 28.1 Å². The third-order valence-electron chi connectivity index (χ3n) is 5.87. The SMILES string of the molecule is COc1cc2ncnc(C3CNCCN3C(=S)NCc3ccc4c(c3)OCO4)c2cc1OC. The monoisotopic (exact) mass is 467 g/mol. The first-order chi connectivity index (χ1) is 16.2. The third-order valence-corrected chi connectivity index (χ3v) is 6.25. The first kappa shape index (κ1) is 21.5. The molecule has 9 nitrogen and oxygen atoms in total. The molecule has 33 heavy (non-hydrogen) atoms. The zero-order chi connectivity index (χ0) is 22.8. The molecule has 0 saturated carbocycles. The van der Waals surface area contributed by atoms with Crippen LogP contribution in [0.4, 0.5) is 0 Å². The van der Waals surface area contributed by atoms with Gasteiger partial charge in [0.1, 0.15) is 6.33 Å². The number of benzene rings is 2. The van der Waals surface area contributed by atoms with Gasteiger partial charge in [0.25, 0.3) is 0 Å². The maximum absolute atomic E-state index is 5.80. The largest absolute Gasteiger partial charge is 0.493 e. The fourth-order valence-electron chi connectivity index (χ4n) is 4.19. The second-order valence-electron chi connectivity index (χ2n) is 7.74.